The molecule has 0 aliphatic rings. The van der Waals surface area contributed by atoms with E-state index in [-0.39, 0.29) is 0 Å². The molecule has 1 N–H and O–H groups in total. The SMILES string of the molecule is COc1ccc(-c2cc3c(OCCN(C)C)nc4ccccc4c3[nH]2)cc1. The third-order valence-electron chi connectivity index (χ3n) is 4.62. The molecule has 2 aromatic carbocycles. The minimum absolute atomic E-state index is 0.594. The number of para-hydroxylation sites is 1. The van der Waals surface area contributed by atoms with Crippen molar-refractivity contribution in [2.24, 2.45) is 0 Å². The fraction of sp³-hybridized carbons (Fsp3) is 0.227. The molecule has 0 aliphatic heterocycles. The van der Waals surface area contributed by atoms with Crippen molar-refractivity contribution in [2.45, 2.75) is 0 Å². The van der Waals surface area contributed by atoms with E-state index < -0.39 is 0 Å². The lowest BCUT2D eigenvalue weighted by Gasteiger charge is -2.11. The summed E-state index contributed by atoms with van der Waals surface area (Å²) in [7, 11) is 5.74. The number of pyridine rings is 1. The molecule has 27 heavy (non-hydrogen) atoms. The molecule has 0 saturated carbocycles. The molecule has 0 unspecified atom stereocenters. The quantitative estimate of drug-likeness (QED) is 0.555. The van der Waals surface area contributed by atoms with Crippen LogP contribution in [0.15, 0.2) is 54.6 Å². The molecule has 0 saturated heterocycles. The molecular weight excluding hydrogens is 338 g/mol. The molecule has 2 aromatic heterocycles. The van der Waals surface area contributed by atoms with E-state index in [0.717, 1.165) is 45.4 Å². The molecule has 0 aliphatic carbocycles. The van der Waals surface area contributed by atoms with E-state index in [9.17, 15) is 0 Å². The molecule has 0 fully saturated rings. The number of aromatic nitrogens is 2. The highest BCUT2D eigenvalue weighted by molar-refractivity contribution is 6.07. The highest BCUT2D eigenvalue weighted by atomic mass is 16.5. The van der Waals surface area contributed by atoms with Crippen molar-refractivity contribution in [3.05, 3.63) is 54.6 Å². The first-order valence-corrected chi connectivity index (χ1v) is 8.99. The van der Waals surface area contributed by atoms with Crippen LogP contribution in [0.3, 0.4) is 0 Å². The van der Waals surface area contributed by atoms with Gasteiger partial charge in [0.15, 0.2) is 0 Å². The lowest BCUT2D eigenvalue weighted by atomic mass is 10.1. The third kappa shape index (κ3) is 3.46. The highest BCUT2D eigenvalue weighted by Crippen LogP contribution is 2.34. The Morgan fingerprint density at radius 1 is 1.00 bits per heavy atom. The summed E-state index contributed by atoms with van der Waals surface area (Å²) in [4.78, 5) is 10.4. The van der Waals surface area contributed by atoms with Crippen molar-refractivity contribution < 1.29 is 9.47 Å². The summed E-state index contributed by atoms with van der Waals surface area (Å²) < 4.78 is 11.3. The van der Waals surface area contributed by atoms with Crippen LogP contribution >= 0.6 is 0 Å². The second-order valence-electron chi connectivity index (χ2n) is 6.79. The summed E-state index contributed by atoms with van der Waals surface area (Å²) in [6, 6.07) is 18.3. The van der Waals surface area contributed by atoms with Gasteiger partial charge in [-0.15, -0.1) is 0 Å². The van der Waals surface area contributed by atoms with E-state index in [4.69, 9.17) is 14.5 Å². The fourth-order valence-electron chi connectivity index (χ4n) is 3.15. The Hall–Kier alpha value is -3.05. The van der Waals surface area contributed by atoms with E-state index in [0.29, 0.717) is 12.5 Å². The molecule has 0 atom stereocenters. The van der Waals surface area contributed by atoms with Crippen molar-refractivity contribution in [1.82, 2.24) is 14.9 Å². The number of rotatable bonds is 6. The molecule has 5 heteroatoms. The third-order valence-corrected chi connectivity index (χ3v) is 4.62. The molecule has 5 nitrogen and oxygen atoms in total. The maximum Gasteiger partial charge on any atom is 0.223 e. The van der Waals surface area contributed by atoms with Gasteiger partial charge in [0.25, 0.3) is 0 Å². The lowest BCUT2D eigenvalue weighted by Crippen LogP contribution is -2.19. The highest BCUT2D eigenvalue weighted by Gasteiger charge is 2.14. The van der Waals surface area contributed by atoms with Gasteiger partial charge in [-0.3, -0.25) is 0 Å². The predicted octanol–water partition coefficient (Wildman–Crippen LogP) is 4.33. The molecule has 0 amide bonds. The van der Waals surface area contributed by atoms with Gasteiger partial charge in [-0.1, -0.05) is 18.2 Å². The first kappa shape index (κ1) is 17.4. The maximum atomic E-state index is 6.03. The summed E-state index contributed by atoms with van der Waals surface area (Å²) in [6.07, 6.45) is 0. The summed E-state index contributed by atoms with van der Waals surface area (Å²) >= 11 is 0. The molecule has 0 bridgehead atoms. The van der Waals surface area contributed by atoms with Crippen LogP contribution in [0.25, 0.3) is 33.1 Å². The van der Waals surface area contributed by atoms with Crippen molar-refractivity contribution in [1.29, 1.82) is 0 Å². The summed E-state index contributed by atoms with van der Waals surface area (Å²) in [5, 5.41) is 2.09. The number of aromatic amines is 1. The molecule has 4 rings (SSSR count). The van der Waals surface area contributed by atoms with E-state index in [1.807, 2.05) is 56.6 Å². The lowest BCUT2D eigenvalue weighted by molar-refractivity contribution is 0.257. The Morgan fingerprint density at radius 3 is 2.52 bits per heavy atom. The maximum absolute atomic E-state index is 6.03. The van der Waals surface area contributed by atoms with Crippen LogP contribution in [0.5, 0.6) is 11.6 Å². The Morgan fingerprint density at radius 2 is 1.78 bits per heavy atom. The largest absolute Gasteiger partial charge is 0.497 e. The average Bonchev–Trinajstić information content (AvgIpc) is 3.14. The Kier molecular flexibility index (Phi) is 4.69. The van der Waals surface area contributed by atoms with Gasteiger partial charge < -0.3 is 19.4 Å². The van der Waals surface area contributed by atoms with Crippen molar-refractivity contribution in [2.75, 3.05) is 34.4 Å². The molecule has 2 heterocycles. The van der Waals surface area contributed by atoms with Gasteiger partial charge >= 0.3 is 0 Å². The van der Waals surface area contributed by atoms with Crippen LogP contribution < -0.4 is 9.47 Å². The van der Waals surface area contributed by atoms with Crippen molar-refractivity contribution in [3.8, 4) is 22.9 Å². The monoisotopic (exact) mass is 361 g/mol. The molecular formula is C22H23N3O2. The van der Waals surface area contributed by atoms with Crippen LogP contribution in [0.2, 0.25) is 0 Å². The second-order valence-corrected chi connectivity index (χ2v) is 6.79. The van der Waals surface area contributed by atoms with Crippen LogP contribution in [0, 0.1) is 0 Å². The number of nitrogens with one attached hydrogen (secondary N) is 1. The topological polar surface area (TPSA) is 50.4 Å². The molecule has 4 aromatic rings. The van der Waals surface area contributed by atoms with Crippen molar-refractivity contribution in [3.63, 3.8) is 0 Å². The number of nitrogens with zero attached hydrogens (tertiary/aromatic N) is 2. The predicted molar refractivity (Wildman–Crippen MR) is 110 cm³/mol. The summed E-state index contributed by atoms with van der Waals surface area (Å²) in [5.74, 6) is 1.51. The fourth-order valence-corrected chi connectivity index (χ4v) is 3.15. The van der Waals surface area contributed by atoms with Gasteiger partial charge in [0.05, 0.1) is 23.5 Å². The van der Waals surface area contributed by atoms with Crippen LogP contribution in [0.4, 0.5) is 0 Å². The zero-order valence-corrected chi connectivity index (χ0v) is 15.8. The van der Waals surface area contributed by atoms with E-state index in [1.54, 1.807) is 7.11 Å². The first-order valence-electron chi connectivity index (χ1n) is 8.99. The van der Waals surface area contributed by atoms with Crippen LogP contribution in [-0.4, -0.2) is 49.2 Å². The number of ether oxygens (including phenoxy) is 2. The smallest absolute Gasteiger partial charge is 0.223 e. The Labute approximate surface area is 158 Å². The zero-order chi connectivity index (χ0) is 18.8. The standard InChI is InChI=1S/C22H23N3O2/c1-25(2)12-13-27-22-18-14-20(15-8-10-16(26-3)11-9-15)23-21(18)17-6-4-5-7-19(17)24-22/h4-11,14,23H,12-13H2,1-3H3. The number of methoxy groups -OCH3 is 1. The normalized spacial score (nSPS) is 11.4. The number of likely N-dealkylation sites (N-methyl/N-ethyl adjacent to an activating group) is 1. The average molecular weight is 361 g/mol. The summed E-state index contributed by atoms with van der Waals surface area (Å²) in [6.45, 7) is 1.43. The number of hydrogen-bond acceptors (Lipinski definition) is 4. The van der Waals surface area contributed by atoms with E-state index in [1.165, 1.54) is 0 Å². The first-order chi connectivity index (χ1) is 13.2. The van der Waals surface area contributed by atoms with Crippen LogP contribution in [0.1, 0.15) is 0 Å². The van der Waals surface area contributed by atoms with E-state index >= 15 is 0 Å². The second kappa shape index (κ2) is 7.29. The van der Waals surface area contributed by atoms with Gasteiger partial charge in [0.1, 0.15) is 12.4 Å². The summed E-state index contributed by atoms with van der Waals surface area (Å²) in [5.41, 5.74) is 4.10. The van der Waals surface area contributed by atoms with Crippen molar-refractivity contribution >= 4 is 21.8 Å². The van der Waals surface area contributed by atoms with Gasteiger partial charge in [0, 0.05) is 17.6 Å². The molecule has 0 radical (unpaired) electrons. The van der Waals surface area contributed by atoms with E-state index in [2.05, 4.69) is 22.0 Å². The zero-order valence-electron chi connectivity index (χ0n) is 15.8. The van der Waals surface area contributed by atoms with Gasteiger partial charge in [-0.25, -0.2) is 4.98 Å². The minimum Gasteiger partial charge on any atom is -0.497 e. The van der Waals surface area contributed by atoms with Gasteiger partial charge in [-0.05, 0) is 56.1 Å². The minimum atomic E-state index is 0.594. The number of H-pyrrole nitrogens is 1. The Bertz CT molecular complexity index is 1070. The molecule has 0 spiro atoms. The van der Waals surface area contributed by atoms with Crippen LogP contribution in [-0.2, 0) is 0 Å². The number of hydrogen-bond donors (Lipinski definition) is 1. The van der Waals surface area contributed by atoms with Gasteiger partial charge in [0.2, 0.25) is 5.88 Å². The molecule has 138 valence electrons. The van der Waals surface area contributed by atoms with Gasteiger partial charge in [-0.2, -0.15) is 0 Å². The Balaban J connectivity index is 1.82. The number of fused-ring (bicyclic) bond motifs is 3. The number of benzene rings is 2.